The van der Waals surface area contributed by atoms with Gasteiger partial charge in [-0.05, 0) is 60.0 Å². The summed E-state index contributed by atoms with van der Waals surface area (Å²) in [6.07, 6.45) is 4.19. The van der Waals surface area contributed by atoms with Gasteiger partial charge in [-0.2, -0.15) is 0 Å². The van der Waals surface area contributed by atoms with E-state index in [1.54, 1.807) is 11.0 Å². The normalized spacial score (nSPS) is 15.6. The summed E-state index contributed by atoms with van der Waals surface area (Å²) in [6.45, 7) is 5.95. The highest BCUT2D eigenvalue weighted by Gasteiger charge is 2.22. The molecule has 2 aromatic rings. The maximum atomic E-state index is 12.5. The number of nitrogens with zero attached hydrogens (tertiary/aromatic N) is 5. The van der Waals surface area contributed by atoms with Gasteiger partial charge in [0.25, 0.3) is 0 Å². The molecular weight excluding hydrogens is 304 g/mol. The number of hydrogen-bond acceptors (Lipinski definition) is 5. The van der Waals surface area contributed by atoms with E-state index in [9.17, 15) is 4.79 Å². The van der Waals surface area contributed by atoms with Gasteiger partial charge in [0, 0.05) is 13.1 Å². The SMILES string of the molecule is CCNCC1CCN(C(=O)Cc2ccc(-n3cnnn3)cc2)CC1. The largest absolute Gasteiger partial charge is 0.342 e. The fourth-order valence-corrected chi connectivity index (χ4v) is 3.07. The quantitative estimate of drug-likeness (QED) is 0.858. The van der Waals surface area contributed by atoms with Crippen LogP contribution in [0.1, 0.15) is 25.3 Å². The smallest absolute Gasteiger partial charge is 0.226 e. The molecule has 1 aliphatic heterocycles. The van der Waals surface area contributed by atoms with Crippen molar-refractivity contribution in [2.75, 3.05) is 26.2 Å². The number of carbonyl (C=O) groups excluding carboxylic acids is 1. The Morgan fingerprint density at radius 1 is 1.25 bits per heavy atom. The Bertz CT molecular complexity index is 632. The zero-order valence-corrected chi connectivity index (χ0v) is 14.1. The molecule has 1 fully saturated rings. The summed E-state index contributed by atoms with van der Waals surface area (Å²) in [5, 5.41) is 14.5. The third-order valence-electron chi connectivity index (χ3n) is 4.56. The van der Waals surface area contributed by atoms with Crippen LogP contribution in [0.15, 0.2) is 30.6 Å². The van der Waals surface area contributed by atoms with E-state index in [2.05, 4.69) is 27.8 Å². The number of likely N-dealkylation sites (tertiary alicyclic amines) is 1. The van der Waals surface area contributed by atoms with Crippen LogP contribution in [0.5, 0.6) is 0 Å². The van der Waals surface area contributed by atoms with Gasteiger partial charge in [-0.25, -0.2) is 4.68 Å². The lowest BCUT2D eigenvalue weighted by atomic mass is 9.96. The average molecular weight is 328 g/mol. The predicted molar refractivity (Wildman–Crippen MR) is 90.7 cm³/mol. The maximum Gasteiger partial charge on any atom is 0.226 e. The molecule has 1 saturated heterocycles. The molecule has 0 saturated carbocycles. The number of tetrazole rings is 1. The molecule has 0 bridgehead atoms. The first-order chi connectivity index (χ1) is 11.8. The lowest BCUT2D eigenvalue weighted by Gasteiger charge is -2.32. The van der Waals surface area contributed by atoms with Crippen molar-refractivity contribution in [2.24, 2.45) is 5.92 Å². The van der Waals surface area contributed by atoms with Gasteiger partial charge in [0.2, 0.25) is 5.91 Å². The highest BCUT2D eigenvalue weighted by Crippen LogP contribution is 2.18. The molecule has 7 nitrogen and oxygen atoms in total. The van der Waals surface area contributed by atoms with E-state index in [0.717, 1.165) is 50.3 Å². The number of aromatic nitrogens is 4. The third-order valence-corrected chi connectivity index (χ3v) is 4.56. The van der Waals surface area contributed by atoms with E-state index < -0.39 is 0 Å². The van der Waals surface area contributed by atoms with Gasteiger partial charge >= 0.3 is 0 Å². The van der Waals surface area contributed by atoms with Crippen molar-refractivity contribution in [2.45, 2.75) is 26.2 Å². The van der Waals surface area contributed by atoms with E-state index in [1.807, 2.05) is 29.2 Å². The summed E-state index contributed by atoms with van der Waals surface area (Å²) in [5.41, 5.74) is 1.91. The lowest BCUT2D eigenvalue weighted by Crippen LogP contribution is -2.41. The minimum Gasteiger partial charge on any atom is -0.342 e. The van der Waals surface area contributed by atoms with Gasteiger partial charge in [0.15, 0.2) is 0 Å². The molecule has 2 heterocycles. The van der Waals surface area contributed by atoms with Gasteiger partial charge in [0.1, 0.15) is 6.33 Å². The molecule has 0 aliphatic carbocycles. The van der Waals surface area contributed by atoms with Crippen molar-refractivity contribution < 1.29 is 4.79 Å². The summed E-state index contributed by atoms with van der Waals surface area (Å²) in [5.74, 6) is 0.914. The second-order valence-electron chi connectivity index (χ2n) is 6.23. The van der Waals surface area contributed by atoms with Crippen molar-refractivity contribution in [1.82, 2.24) is 30.4 Å². The Kier molecular flexibility index (Phi) is 5.53. The first-order valence-corrected chi connectivity index (χ1v) is 8.57. The Balaban J connectivity index is 1.50. The summed E-state index contributed by atoms with van der Waals surface area (Å²) in [6, 6.07) is 7.79. The van der Waals surface area contributed by atoms with Crippen LogP contribution in [0.2, 0.25) is 0 Å². The number of nitrogens with one attached hydrogen (secondary N) is 1. The van der Waals surface area contributed by atoms with Crippen molar-refractivity contribution in [3.8, 4) is 5.69 Å². The van der Waals surface area contributed by atoms with Gasteiger partial charge in [-0.1, -0.05) is 19.1 Å². The van der Waals surface area contributed by atoms with E-state index in [1.165, 1.54) is 0 Å². The van der Waals surface area contributed by atoms with Crippen LogP contribution in [-0.2, 0) is 11.2 Å². The molecule has 1 N–H and O–H groups in total. The summed E-state index contributed by atoms with van der Waals surface area (Å²) < 4.78 is 1.60. The second kappa shape index (κ2) is 8.01. The number of carbonyl (C=O) groups is 1. The minimum atomic E-state index is 0.215. The van der Waals surface area contributed by atoms with Gasteiger partial charge in [-0.3, -0.25) is 4.79 Å². The van der Waals surface area contributed by atoms with Crippen molar-refractivity contribution in [3.63, 3.8) is 0 Å². The van der Waals surface area contributed by atoms with Gasteiger partial charge in [0.05, 0.1) is 12.1 Å². The lowest BCUT2D eigenvalue weighted by molar-refractivity contribution is -0.131. The van der Waals surface area contributed by atoms with Crippen LogP contribution in [0, 0.1) is 5.92 Å². The van der Waals surface area contributed by atoms with Crippen LogP contribution in [0.4, 0.5) is 0 Å². The second-order valence-corrected chi connectivity index (χ2v) is 6.23. The minimum absolute atomic E-state index is 0.215. The molecule has 0 atom stereocenters. The molecule has 1 aliphatic rings. The van der Waals surface area contributed by atoms with E-state index in [-0.39, 0.29) is 5.91 Å². The number of hydrogen-bond donors (Lipinski definition) is 1. The first-order valence-electron chi connectivity index (χ1n) is 8.57. The van der Waals surface area contributed by atoms with Crippen molar-refractivity contribution in [3.05, 3.63) is 36.2 Å². The third kappa shape index (κ3) is 4.17. The molecule has 0 unspecified atom stereocenters. The first kappa shape index (κ1) is 16.6. The van der Waals surface area contributed by atoms with E-state index in [4.69, 9.17) is 0 Å². The number of benzene rings is 1. The Labute approximate surface area is 142 Å². The van der Waals surface area contributed by atoms with Crippen molar-refractivity contribution in [1.29, 1.82) is 0 Å². The molecule has 24 heavy (non-hydrogen) atoms. The zero-order valence-electron chi connectivity index (χ0n) is 14.1. The van der Waals surface area contributed by atoms with Crippen LogP contribution < -0.4 is 5.32 Å². The number of rotatable bonds is 6. The summed E-state index contributed by atoms with van der Waals surface area (Å²) in [7, 11) is 0. The van der Waals surface area contributed by atoms with E-state index in [0.29, 0.717) is 12.3 Å². The van der Waals surface area contributed by atoms with Crippen molar-refractivity contribution >= 4 is 5.91 Å². The molecule has 0 spiro atoms. The molecule has 1 aromatic carbocycles. The highest BCUT2D eigenvalue weighted by atomic mass is 16.2. The fourth-order valence-electron chi connectivity index (χ4n) is 3.07. The maximum absolute atomic E-state index is 12.5. The zero-order chi connectivity index (χ0) is 16.8. The highest BCUT2D eigenvalue weighted by molar-refractivity contribution is 5.78. The van der Waals surface area contributed by atoms with Gasteiger partial charge < -0.3 is 10.2 Å². The molecule has 7 heteroatoms. The Morgan fingerprint density at radius 2 is 2.00 bits per heavy atom. The number of amides is 1. The molecule has 1 amide bonds. The molecular formula is C17H24N6O. The molecule has 0 radical (unpaired) electrons. The van der Waals surface area contributed by atoms with Crippen LogP contribution in [0.3, 0.4) is 0 Å². The molecule has 128 valence electrons. The van der Waals surface area contributed by atoms with Crippen LogP contribution >= 0.6 is 0 Å². The molecule has 3 rings (SSSR count). The number of piperidine rings is 1. The van der Waals surface area contributed by atoms with Crippen LogP contribution in [-0.4, -0.2) is 57.2 Å². The van der Waals surface area contributed by atoms with Gasteiger partial charge in [-0.15, -0.1) is 5.10 Å². The standard InChI is InChI=1S/C17H24N6O/c1-2-18-12-15-7-9-22(10-8-15)17(24)11-14-3-5-16(6-4-14)23-13-19-20-21-23/h3-6,13,15,18H,2,7-12H2,1H3. The predicted octanol–water partition coefficient (Wildman–Crippen LogP) is 1.05. The monoisotopic (exact) mass is 328 g/mol. The summed E-state index contributed by atoms with van der Waals surface area (Å²) in [4.78, 5) is 14.5. The van der Waals surface area contributed by atoms with Crippen LogP contribution in [0.25, 0.3) is 5.69 Å². The van der Waals surface area contributed by atoms with E-state index >= 15 is 0 Å². The Morgan fingerprint density at radius 3 is 2.62 bits per heavy atom. The molecule has 1 aromatic heterocycles. The average Bonchev–Trinajstić information content (AvgIpc) is 3.15. The Hall–Kier alpha value is -2.28. The fraction of sp³-hybridized carbons (Fsp3) is 0.529. The summed E-state index contributed by atoms with van der Waals surface area (Å²) >= 11 is 0. The topological polar surface area (TPSA) is 75.9 Å².